The summed E-state index contributed by atoms with van der Waals surface area (Å²) in [6.45, 7) is 1.53. The lowest BCUT2D eigenvalue weighted by atomic mass is 9.96. The fourth-order valence-electron chi connectivity index (χ4n) is 3.34. The number of hydrogen-bond acceptors (Lipinski definition) is 3. The molecular formula is C21H24BrIN6. The lowest BCUT2D eigenvalue weighted by Gasteiger charge is -2.20. The highest BCUT2D eigenvalue weighted by molar-refractivity contribution is 14.0. The average Bonchev–Trinajstić information content (AvgIpc) is 3.30. The van der Waals surface area contributed by atoms with Crippen LogP contribution in [0.25, 0.3) is 5.82 Å². The number of nitrogens with one attached hydrogen (secondary N) is 2. The third kappa shape index (κ3) is 5.16. The predicted octanol–water partition coefficient (Wildman–Crippen LogP) is 4.04. The number of benzene rings is 1. The largest absolute Gasteiger partial charge is 0.356 e. The van der Waals surface area contributed by atoms with E-state index in [1.165, 1.54) is 22.9 Å². The third-order valence-corrected chi connectivity index (χ3v) is 5.82. The van der Waals surface area contributed by atoms with Crippen LogP contribution < -0.4 is 10.6 Å². The first kappa shape index (κ1) is 21.8. The zero-order chi connectivity index (χ0) is 19.4. The number of aliphatic imine (C=N–C) groups is 1. The minimum Gasteiger partial charge on any atom is -0.356 e. The molecule has 29 heavy (non-hydrogen) atoms. The molecule has 6 nitrogen and oxygen atoms in total. The van der Waals surface area contributed by atoms with Crippen molar-refractivity contribution >= 4 is 45.9 Å². The topological polar surface area (TPSA) is 67.1 Å². The Morgan fingerprint density at radius 3 is 2.69 bits per heavy atom. The molecule has 3 aromatic rings. The number of halogens is 2. The van der Waals surface area contributed by atoms with E-state index in [4.69, 9.17) is 0 Å². The van der Waals surface area contributed by atoms with Crippen LogP contribution in [0, 0.1) is 0 Å². The van der Waals surface area contributed by atoms with Crippen molar-refractivity contribution in [2.75, 3.05) is 13.6 Å². The Balaban J connectivity index is 0.00000240. The van der Waals surface area contributed by atoms with Crippen molar-refractivity contribution in [3.63, 3.8) is 0 Å². The quantitative estimate of drug-likeness (QED) is 0.268. The molecule has 2 N–H and O–H groups in total. The number of nitrogens with zero attached hydrogens (tertiary/aromatic N) is 4. The number of hydrogen-bond donors (Lipinski definition) is 2. The van der Waals surface area contributed by atoms with E-state index in [-0.39, 0.29) is 29.4 Å². The summed E-state index contributed by atoms with van der Waals surface area (Å²) in [5, 5.41) is 11.1. The smallest absolute Gasteiger partial charge is 0.191 e. The molecule has 2 heterocycles. The minimum atomic E-state index is 0. The molecule has 0 aliphatic heterocycles. The first-order chi connectivity index (χ1) is 13.7. The maximum Gasteiger partial charge on any atom is 0.191 e. The van der Waals surface area contributed by atoms with E-state index >= 15 is 0 Å². The summed E-state index contributed by atoms with van der Waals surface area (Å²) in [5.74, 6) is 1.61. The summed E-state index contributed by atoms with van der Waals surface area (Å²) in [7, 11) is 1.80. The molecule has 1 saturated carbocycles. The maximum atomic E-state index is 4.37. The van der Waals surface area contributed by atoms with Gasteiger partial charge in [0.15, 0.2) is 11.8 Å². The Kier molecular flexibility index (Phi) is 7.28. The predicted molar refractivity (Wildman–Crippen MR) is 130 cm³/mol. The normalized spacial score (nSPS) is 14.8. The lowest BCUT2D eigenvalue weighted by Crippen LogP contribution is -2.41. The molecule has 1 aromatic carbocycles. The SMILES string of the molecule is CN=C(NCc1ccnc(-n2cccn2)c1)NCC1(c2ccccc2Br)CC1.I. The number of rotatable bonds is 6. The van der Waals surface area contributed by atoms with Crippen molar-refractivity contribution in [3.05, 3.63) is 76.7 Å². The molecule has 2 aromatic heterocycles. The van der Waals surface area contributed by atoms with Crippen molar-refractivity contribution in [3.8, 4) is 5.82 Å². The van der Waals surface area contributed by atoms with Crippen molar-refractivity contribution < 1.29 is 0 Å². The molecule has 152 valence electrons. The van der Waals surface area contributed by atoms with Crippen LogP contribution in [0.15, 0.2) is 70.5 Å². The van der Waals surface area contributed by atoms with Crippen molar-refractivity contribution in [1.29, 1.82) is 0 Å². The fraction of sp³-hybridized carbons (Fsp3) is 0.286. The maximum absolute atomic E-state index is 4.37. The second kappa shape index (κ2) is 9.71. The van der Waals surface area contributed by atoms with Crippen molar-refractivity contribution in [2.24, 2.45) is 4.99 Å². The van der Waals surface area contributed by atoms with Gasteiger partial charge in [0.2, 0.25) is 0 Å². The van der Waals surface area contributed by atoms with Gasteiger partial charge in [-0.25, -0.2) is 9.67 Å². The summed E-state index contributed by atoms with van der Waals surface area (Å²) < 4.78 is 2.94. The number of pyridine rings is 1. The van der Waals surface area contributed by atoms with Gasteiger partial charge in [-0.05, 0) is 48.2 Å². The molecule has 0 unspecified atom stereocenters. The zero-order valence-corrected chi connectivity index (χ0v) is 20.1. The Morgan fingerprint density at radius 2 is 2.00 bits per heavy atom. The van der Waals surface area contributed by atoms with Gasteiger partial charge in [0.05, 0.1) is 0 Å². The van der Waals surface area contributed by atoms with Gasteiger partial charge in [-0.3, -0.25) is 4.99 Å². The van der Waals surface area contributed by atoms with Crippen LogP contribution in [0.5, 0.6) is 0 Å². The standard InChI is InChI=1S/C21H23BrN6.HI/c1-23-20(26-15-21(8-9-21)17-5-2-3-6-18(17)22)25-14-16-7-11-24-19(13-16)28-12-4-10-27-28;/h2-7,10-13H,8-9,14-15H2,1H3,(H2,23,25,26);1H. The van der Waals surface area contributed by atoms with E-state index in [9.17, 15) is 0 Å². The van der Waals surface area contributed by atoms with E-state index < -0.39 is 0 Å². The third-order valence-electron chi connectivity index (χ3n) is 5.13. The van der Waals surface area contributed by atoms with E-state index in [1.807, 2.05) is 24.4 Å². The molecule has 0 bridgehead atoms. The second-order valence-corrected chi connectivity index (χ2v) is 7.87. The Labute approximate surface area is 196 Å². The minimum absolute atomic E-state index is 0. The summed E-state index contributed by atoms with van der Waals surface area (Å²) in [5.41, 5.74) is 2.69. The van der Waals surface area contributed by atoms with Gasteiger partial charge >= 0.3 is 0 Å². The van der Waals surface area contributed by atoms with Crippen LogP contribution in [-0.4, -0.2) is 34.3 Å². The van der Waals surface area contributed by atoms with Gasteiger partial charge < -0.3 is 10.6 Å². The molecular weight excluding hydrogens is 543 g/mol. The summed E-state index contributed by atoms with van der Waals surface area (Å²) >= 11 is 3.69. The number of guanidine groups is 1. The van der Waals surface area contributed by atoms with Gasteiger partial charge in [-0.2, -0.15) is 5.10 Å². The molecule has 8 heteroatoms. The van der Waals surface area contributed by atoms with E-state index in [2.05, 4.69) is 65.9 Å². The zero-order valence-electron chi connectivity index (χ0n) is 16.2. The monoisotopic (exact) mass is 566 g/mol. The molecule has 0 saturated heterocycles. The van der Waals surface area contributed by atoms with Crippen LogP contribution in [0.3, 0.4) is 0 Å². The van der Waals surface area contributed by atoms with Crippen molar-refractivity contribution in [2.45, 2.75) is 24.8 Å². The Hall–Kier alpha value is -1.94. The van der Waals surface area contributed by atoms with Crippen molar-refractivity contribution in [1.82, 2.24) is 25.4 Å². The Bertz CT molecular complexity index is 969. The molecule has 1 aliphatic rings. The average molecular weight is 567 g/mol. The molecule has 4 rings (SSSR count). The summed E-state index contributed by atoms with van der Waals surface area (Å²) in [6, 6.07) is 14.4. The molecule has 0 radical (unpaired) electrons. The molecule has 1 fully saturated rings. The highest BCUT2D eigenvalue weighted by Gasteiger charge is 2.45. The van der Waals surface area contributed by atoms with Gasteiger partial charge in [0.25, 0.3) is 0 Å². The van der Waals surface area contributed by atoms with Gasteiger partial charge in [0.1, 0.15) is 0 Å². The second-order valence-electron chi connectivity index (χ2n) is 7.01. The van der Waals surface area contributed by atoms with E-state index in [0.717, 1.165) is 23.9 Å². The van der Waals surface area contributed by atoms with E-state index in [0.29, 0.717) is 6.54 Å². The van der Waals surface area contributed by atoms with Crippen LogP contribution in [0.2, 0.25) is 0 Å². The van der Waals surface area contributed by atoms with Gasteiger partial charge in [0, 0.05) is 48.6 Å². The molecule has 0 atom stereocenters. The number of aromatic nitrogens is 3. The lowest BCUT2D eigenvalue weighted by molar-refractivity contribution is 0.643. The summed E-state index contributed by atoms with van der Waals surface area (Å²) in [4.78, 5) is 8.74. The van der Waals surface area contributed by atoms with Gasteiger partial charge in [-0.15, -0.1) is 24.0 Å². The van der Waals surface area contributed by atoms with Crippen LogP contribution in [-0.2, 0) is 12.0 Å². The van der Waals surface area contributed by atoms with Gasteiger partial charge in [-0.1, -0.05) is 34.1 Å². The Morgan fingerprint density at radius 1 is 1.17 bits per heavy atom. The van der Waals surface area contributed by atoms with E-state index in [1.54, 1.807) is 24.1 Å². The molecule has 0 spiro atoms. The molecule has 1 aliphatic carbocycles. The highest BCUT2D eigenvalue weighted by Crippen LogP contribution is 2.49. The molecule has 0 amide bonds. The first-order valence-electron chi connectivity index (χ1n) is 9.35. The fourth-order valence-corrected chi connectivity index (χ4v) is 4.05. The highest BCUT2D eigenvalue weighted by atomic mass is 127. The van der Waals surface area contributed by atoms with Crippen LogP contribution >= 0.6 is 39.9 Å². The van der Waals surface area contributed by atoms with Crippen LogP contribution in [0.1, 0.15) is 24.0 Å². The van der Waals surface area contributed by atoms with Crippen LogP contribution in [0.4, 0.5) is 0 Å². The summed E-state index contributed by atoms with van der Waals surface area (Å²) in [6.07, 6.45) is 7.82. The first-order valence-corrected chi connectivity index (χ1v) is 10.1.